The van der Waals surface area contributed by atoms with E-state index in [1.165, 1.54) is 5.56 Å². The first-order valence-corrected chi connectivity index (χ1v) is 5.99. The molecule has 1 aromatic carbocycles. The van der Waals surface area contributed by atoms with Crippen LogP contribution in [0.25, 0.3) is 0 Å². The summed E-state index contributed by atoms with van der Waals surface area (Å²) in [4.78, 5) is 0. The predicted molar refractivity (Wildman–Crippen MR) is 67.3 cm³/mol. The van der Waals surface area contributed by atoms with E-state index in [-0.39, 0.29) is 6.61 Å². The van der Waals surface area contributed by atoms with Crippen LogP contribution < -0.4 is 5.32 Å². The maximum absolute atomic E-state index is 9.80. The van der Waals surface area contributed by atoms with Gasteiger partial charge >= 0.3 is 0 Å². The normalized spacial score (nSPS) is 31.6. The Hall–Kier alpha value is -1.14. The van der Waals surface area contributed by atoms with Gasteiger partial charge in [-0.3, -0.25) is 0 Å². The van der Waals surface area contributed by atoms with Crippen LogP contribution in [0.5, 0.6) is 0 Å². The molecule has 0 aromatic heterocycles. The molecule has 2 rings (SSSR count). The van der Waals surface area contributed by atoms with E-state index in [4.69, 9.17) is 9.84 Å². The van der Waals surface area contributed by atoms with Crippen LogP contribution in [0.1, 0.15) is 11.1 Å². The molecule has 0 unspecified atom stereocenters. The predicted octanol–water partition coefficient (Wildman–Crippen LogP) is 0.154. The van der Waals surface area contributed by atoms with E-state index < -0.39 is 24.5 Å². The first kappa shape index (κ1) is 13.3. The first-order valence-electron chi connectivity index (χ1n) is 5.99. The molecule has 1 heterocycles. The molecule has 0 aliphatic carbocycles. The third-order valence-corrected chi connectivity index (χ3v) is 3.36. The van der Waals surface area contributed by atoms with E-state index in [2.05, 4.69) is 5.32 Å². The molecule has 1 aromatic rings. The second-order valence-electron chi connectivity index (χ2n) is 4.70. The number of nitrogens with one attached hydrogen (secondary N) is 1. The minimum Gasteiger partial charge on any atom is -0.394 e. The molecule has 18 heavy (non-hydrogen) atoms. The van der Waals surface area contributed by atoms with Gasteiger partial charge in [-0.1, -0.05) is 6.07 Å². The monoisotopic (exact) mass is 253 g/mol. The molecular weight excluding hydrogens is 234 g/mol. The van der Waals surface area contributed by atoms with Crippen molar-refractivity contribution in [1.82, 2.24) is 0 Å². The molecule has 0 amide bonds. The third kappa shape index (κ3) is 2.49. The molecule has 0 saturated carbocycles. The van der Waals surface area contributed by atoms with E-state index in [1.807, 2.05) is 32.0 Å². The van der Waals surface area contributed by atoms with Crippen molar-refractivity contribution in [3.05, 3.63) is 29.3 Å². The molecule has 5 heteroatoms. The van der Waals surface area contributed by atoms with Gasteiger partial charge in [0.2, 0.25) is 0 Å². The summed E-state index contributed by atoms with van der Waals surface area (Å²) in [5.74, 6) is 0. The van der Waals surface area contributed by atoms with Crippen LogP contribution in [0, 0.1) is 13.8 Å². The summed E-state index contributed by atoms with van der Waals surface area (Å²) in [6.45, 7) is 3.70. The van der Waals surface area contributed by atoms with Crippen molar-refractivity contribution in [2.24, 2.45) is 0 Å². The van der Waals surface area contributed by atoms with Crippen molar-refractivity contribution in [3.63, 3.8) is 0 Å². The molecule has 0 radical (unpaired) electrons. The minimum atomic E-state index is -1.07. The summed E-state index contributed by atoms with van der Waals surface area (Å²) in [6.07, 6.45) is -3.58. The summed E-state index contributed by atoms with van der Waals surface area (Å²) in [7, 11) is 0. The number of aliphatic hydroxyl groups is 3. The summed E-state index contributed by atoms with van der Waals surface area (Å²) in [5.41, 5.74) is 3.13. The molecule has 1 fully saturated rings. The number of hydrogen-bond acceptors (Lipinski definition) is 5. The van der Waals surface area contributed by atoms with Crippen LogP contribution in [-0.2, 0) is 4.74 Å². The lowest BCUT2D eigenvalue weighted by atomic mass is 10.1. The van der Waals surface area contributed by atoms with Gasteiger partial charge in [0, 0.05) is 5.69 Å². The van der Waals surface area contributed by atoms with Crippen molar-refractivity contribution < 1.29 is 20.1 Å². The van der Waals surface area contributed by atoms with Gasteiger partial charge in [-0.2, -0.15) is 0 Å². The lowest BCUT2D eigenvalue weighted by Gasteiger charge is -2.18. The Bertz CT molecular complexity index is 423. The van der Waals surface area contributed by atoms with Gasteiger partial charge in [-0.25, -0.2) is 0 Å². The molecule has 5 nitrogen and oxygen atoms in total. The number of benzene rings is 1. The average molecular weight is 253 g/mol. The third-order valence-electron chi connectivity index (χ3n) is 3.36. The second kappa shape index (κ2) is 5.24. The smallest absolute Gasteiger partial charge is 0.157 e. The number of hydrogen-bond donors (Lipinski definition) is 4. The van der Waals surface area contributed by atoms with Crippen LogP contribution in [0.2, 0.25) is 0 Å². The van der Waals surface area contributed by atoms with Crippen molar-refractivity contribution in [2.45, 2.75) is 38.4 Å². The molecule has 1 saturated heterocycles. The Kier molecular flexibility index (Phi) is 3.87. The van der Waals surface area contributed by atoms with Gasteiger partial charge in [-0.15, -0.1) is 0 Å². The summed E-state index contributed by atoms with van der Waals surface area (Å²) >= 11 is 0. The Balaban J connectivity index is 2.07. The van der Waals surface area contributed by atoms with Gasteiger partial charge in [0.15, 0.2) is 6.23 Å². The fraction of sp³-hybridized carbons (Fsp3) is 0.538. The van der Waals surface area contributed by atoms with Crippen LogP contribution in [0.3, 0.4) is 0 Å². The van der Waals surface area contributed by atoms with Crippen LogP contribution in [0.15, 0.2) is 18.2 Å². The number of aryl methyl sites for hydroxylation is 2. The molecule has 100 valence electrons. The van der Waals surface area contributed by atoms with E-state index in [0.29, 0.717) is 0 Å². The Morgan fingerprint density at radius 1 is 1.17 bits per heavy atom. The zero-order valence-electron chi connectivity index (χ0n) is 10.5. The molecule has 1 aliphatic rings. The van der Waals surface area contributed by atoms with Gasteiger partial charge in [0.05, 0.1) is 6.61 Å². The highest BCUT2D eigenvalue weighted by molar-refractivity contribution is 5.48. The molecular formula is C13H19NO4. The van der Waals surface area contributed by atoms with Crippen LogP contribution >= 0.6 is 0 Å². The van der Waals surface area contributed by atoms with Crippen molar-refractivity contribution in [2.75, 3.05) is 11.9 Å². The quantitative estimate of drug-likeness (QED) is 0.616. The molecule has 4 atom stereocenters. The summed E-state index contributed by atoms with van der Waals surface area (Å²) in [5, 5.41) is 31.4. The van der Waals surface area contributed by atoms with E-state index >= 15 is 0 Å². The zero-order chi connectivity index (χ0) is 13.3. The van der Waals surface area contributed by atoms with Gasteiger partial charge in [-0.05, 0) is 37.1 Å². The topological polar surface area (TPSA) is 82.0 Å². The van der Waals surface area contributed by atoms with E-state index in [0.717, 1.165) is 11.3 Å². The maximum Gasteiger partial charge on any atom is 0.157 e. The van der Waals surface area contributed by atoms with Crippen molar-refractivity contribution in [1.29, 1.82) is 0 Å². The van der Waals surface area contributed by atoms with Crippen molar-refractivity contribution >= 4 is 5.69 Å². The Morgan fingerprint density at radius 3 is 2.44 bits per heavy atom. The van der Waals surface area contributed by atoms with Crippen LogP contribution in [0.4, 0.5) is 5.69 Å². The SMILES string of the molecule is Cc1ccc(N[C@H]2O[C@@H](CO)[C@H](O)[C@H]2O)cc1C. The standard InChI is InChI=1S/C13H19NO4/c1-7-3-4-9(5-8(7)2)14-13-12(17)11(16)10(6-15)18-13/h3-5,10-17H,6H2,1-2H3/t10-,11-,12+,13-/m0/s1. The average Bonchev–Trinajstić information content (AvgIpc) is 2.62. The summed E-state index contributed by atoms with van der Waals surface area (Å²) in [6, 6.07) is 5.81. The zero-order valence-corrected chi connectivity index (χ0v) is 10.5. The summed E-state index contributed by atoms with van der Waals surface area (Å²) < 4.78 is 5.35. The fourth-order valence-electron chi connectivity index (χ4n) is 2.01. The minimum absolute atomic E-state index is 0.316. The lowest BCUT2D eigenvalue weighted by Crippen LogP contribution is -2.36. The van der Waals surface area contributed by atoms with Crippen molar-refractivity contribution in [3.8, 4) is 0 Å². The second-order valence-corrected chi connectivity index (χ2v) is 4.70. The lowest BCUT2D eigenvalue weighted by molar-refractivity contribution is -0.0153. The van der Waals surface area contributed by atoms with Gasteiger partial charge < -0.3 is 25.4 Å². The van der Waals surface area contributed by atoms with Gasteiger partial charge in [0.1, 0.15) is 18.3 Å². The van der Waals surface area contributed by atoms with E-state index in [9.17, 15) is 10.2 Å². The molecule has 0 bridgehead atoms. The largest absolute Gasteiger partial charge is 0.394 e. The van der Waals surface area contributed by atoms with E-state index in [1.54, 1.807) is 0 Å². The van der Waals surface area contributed by atoms with Gasteiger partial charge in [0.25, 0.3) is 0 Å². The number of aliphatic hydroxyl groups excluding tert-OH is 3. The Labute approximate surface area is 106 Å². The molecule has 0 spiro atoms. The molecule has 4 N–H and O–H groups in total. The number of ether oxygens (including phenoxy) is 1. The Morgan fingerprint density at radius 2 is 1.89 bits per heavy atom. The number of anilines is 1. The highest BCUT2D eigenvalue weighted by atomic mass is 16.6. The first-order chi connectivity index (χ1) is 8.52. The highest BCUT2D eigenvalue weighted by Gasteiger charge is 2.42. The molecule has 1 aliphatic heterocycles. The van der Waals surface area contributed by atoms with Crippen LogP contribution in [-0.4, -0.2) is 46.5 Å². The highest BCUT2D eigenvalue weighted by Crippen LogP contribution is 2.23. The maximum atomic E-state index is 9.80. The fourth-order valence-corrected chi connectivity index (χ4v) is 2.01. The number of rotatable bonds is 3.